The van der Waals surface area contributed by atoms with Gasteiger partial charge in [-0.2, -0.15) is 0 Å². The monoisotopic (exact) mass is 424 g/mol. The summed E-state index contributed by atoms with van der Waals surface area (Å²) in [6.45, 7) is 2.20. The largest absolute Gasteiger partial charge is 0.478 e. The van der Waals surface area contributed by atoms with Crippen LogP contribution in [0, 0.1) is 5.92 Å². The Morgan fingerprint density at radius 3 is 2.03 bits per heavy atom. The summed E-state index contributed by atoms with van der Waals surface area (Å²) in [7, 11) is 0. The fraction of sp³-hybridized carbons (Fsp3) is 0.286. The van der Waals surface area contributed by atoms with Crippen molar-refractivity contribution in [1.29, 1.82) is 0 Å². The summed E-state index contributed by atoms with van der Waals surface area (Å²) < 4.78 is 0. The summed E-state index contributed by atoms with van der Waals surface area (Å²) in [4.78, 5) is 19.4. The van der Waals surface area contributed by atoms with Crippen molar-refractivity contribution in [1.82, 2.24) is 4.90 Å². The van der Waals surface area contributed by atoms with Crippen molar-refractivity contribution in [3.8, 4) is 0 Å². The van der Waals surface area contributed by atoms with Crippen LogP contribution in [0.15, 0.2) is 89.9 Å². The highest BCUT2D eigenvalue weighted by molar-refractivity contribution is 5.98. The van der Waals surface area contributed by atoms with Crippen molar-refractivity contribution < 1.29 is 9.90 Å². The van der Waals surface area contributed by atoms with Crippen molar-refractivity contribution >= 4 is 12.2 Å². The van der Waals surface area contributed by atoms with Crippen LogP contribution < -0.4 is 0 Å². The van der Waals surface area contributed by atoms with Crippen molar-refractivity contribution in [2.24, 2.45) is 10.9 Å². The summed E-state index contributed by atoms with van der Waals surface area (Å²) in [6, 6.07) is 29.0. The van der Waals surface area contributed by atoms with E-state index in [9.17, 15) is 9.90 Å². The van der Waals surface area contributed by atoms with Crippen LogP contribution in [-0.2, 0) is 0 Å². The molecule has 3 fully saturated rings. The SMILES string of the molecule is O=C(O)c1ccccc1/C=N/[C@@H]1C2CCN(CC2)[C@H]1C(c1ccccc1)c1ccccc1. The van der Waals surface area contributed by atoms with Gasteiger partial charge in [0.1, 0.15) is 0 Å². The van der Waals surface area contributed by atoms with E-state index in [0.717, 1.165) is 25.9 Å². The third kappa shape index (κ3) is 3.98. The second kappa shape index (κ2) is 9.09. The molecule has 0 saturated carbocycles. The lowest BCUT2D eigenvalue weighted by Crippen LogP contribution is -2.59. The van der Waals surface area contributed by atoms with E-state index in [1.54, 1.807) is 18.3 Å². The third-order valence-corrected chi connectivity index (χ3v) is 7.06. The van der Waals surface area contributed by atoms with E-state index in [-0.39, 0.29) is 18.0 Å². The zero-order valence-corrected chi connectivity index (χ0v) is 18.0. The maximum atomic E-state index is 11.7. The van der Waals surface area contributed by atoms with Crippen molar-refractivity contribution in [2.75, 3.05) is 13.1 Å². The molecule has 4 nitrogen and oxygen atoms in total. The van der Waals surface area contributed by atoms with Crippen LogP contribution in [0.1, 0.15) is 45.8 Å². The first kappa shape index (κ1) is 20.7. The molecule has 2 atom stereocenters. The first-order chi connectivity index (χ1) is 15.7. The van der Waals surface area contributed by atoms with E-state index in [1.165, 1.54) is 11.1 Å². The summed E-state index contributed by atoms with van der Waals surface area (Å²) in [5.74, 6) is -0.172. The smallest absolute Gasteiger partial charge is 0.336 e. The molecule has 2 bridgehead atoms. The molecule has 3 aliphatic rings. The minimum absolute atomic E-state index is 0.129. The van der Waals surface area contributed by atoms with Gasteiger partial charge in [0.15, 0.2) is 0 Å². The zero-order valence-electron chi connectivity index (χ0n) is 18.0. The maximum absolute atomic E-state index is 11.7. The number of hydrogen-bond donors (Lipinski definition) is 1. The molecular formula is C28H28N2O2. The van der Waals surface area contributed by atoms with Gasteiger partial charge in [0.2, 0.25) is 0 Å². The van der Waals surface area contributed by atoms with Crippen LogP contribution in [0.25, 0.3) is 0 Å². The highest BCUT2D eigenvalue weighted by atomic mass is 16.4. The van der Waals surface area contributed by atoms with Crippen LogP contribution in [0.4, 0.5) is 0 Å². The van der Waals surface area contributed by atoms with Gasteiger partial charge >= 0.3 is 5.97 Å². The minimum atomic E-state index is -0.913. The average molecular weight is 425 g/mol. The lowest BCUT2D eigenvalue weighted by Gasteiger charge is -2.52. The Kier molecular flexibility index (Phi) is 5.87. The number of carboxylic acids is 1. The van der Waals surface area contributed by atoms with E-state index in [4.69, 9.17) is 4.99 Å². The minimum Gasteiger partial charge on any atom is -0.478 e. The number of hydrogen-bond acceptors (Lipinski definition) is 3. The zero-order chi connectivity index (χ0) is 21.9. The first-order valence-corrected chi connectivity index (χ1v) is 11.4. The van der Waals surface area contributed by atoms with Gasteiger partial charge in [-0.15, -0.1) is 0 Å². The van der Waals surface area contributed by atoms with Gasteiger partial charge in [0.05, 0.1) is 11.6 Å². The quantitative estimate of drug-likeness (QED) is 0.560. The maximum Gasteiger partial charge on any atom is 0.336 e. The fourth-order valence-corrected chi connectivity index (χ4v) is 5.55. The average Bonchev–Trinajstić information content (AvgIpc) is 2.85. The molecule has 0 spiro atoms. The Morgan fingerprint density at radius 2 is 1.44 bits per heavy atom. The molecule has 3 aromatic carbocycles. The van der Waals surface area contributed by atoms with Crippen molar-refractivity contribution in [2.45, 2.75) is 30.8 Å². The molecule has 162 valence electrons. The van der Waals surface area contributed by atoms with Gasteiger partial charge in [0, 0.05) is 23.7 Å². The van der Waals surface area contributed by atoms with Crippen LogP contribution in [0.2, 0.25) is 0 Å². The summed E-state index contributed by atoms with van der Waals surface area (Å²) in [5.41, 5.74) is 3.59. The van der Waals surface area contributed by atoms with Gasteiger partial charge in [0.25, 0.3) is 0 Å². The van der Waals surface area contributed by atoms with E-state index in [2.05, 4.69) is 65.6 Å². The van der Waals surface area contributed by atoms with Crippen molar-refractivity contribution in [3.05, 3.63) is 107 Å². The van der Waals surface area contributed by atoms with E-state index >= 15 is 0 Å². The predicted molar refractivity (Wildman–Crippen MR) is 128 cm³/mol. The van der Waals surface area contributed by atoms with E-state index < -0.39 is 5.97 Å². The van der Waals surface area contributed by atoms with Gasteiger partial charge in [-0.3, -0.25) is 9.89 Å². The molecule has 3 aromatic rings. The number of aliphatic imine (C=N–C) groups is 1. The second-order valence-corrected chi connectivity index (χ2v) is 8.82. The number of aromatic carboxylic acids is 1. The molecule has 1 N–H and O–H groups in total. The standard InChI is InChI=1S/C28H28N2O2/c31-28(32)24-14-8-7-13-23(24)19-29-26-22-15-17-30(18-16-22)27(26)25(20-9-3-1-4-10-20)21-11-5-2-6-12-21/h1-14,19,22,25-27H,15-18H2,(H,31,32)/b29-19+/t26-,27+/m1/s1. The van der Waals surface area contributed by atoms with Gasteiger partial charge in [-0.05, 0) is 49.0 Å². The molecular weight excluding hydrogens is 396 g/mol. The molecule has 0 aromatic heterocycles. The molecule has 32 heavy (non-hydrogen) atoms. The molecule has 3 heterocycles. The summed E-state index contributed by atoms with van der Waals surface area (Å²) in [6.07, 6.45) is 4.10. The number of fused-ring (bicyclic) bond motifs is 3. The van der Waals surface area contributed by atoms with Crippen LogP contribution in [0.3, 0.4) is 0 Å². The van der Waals surface area contributed by atoms with Gasteiger partial charge in [-0.1, -0.05) is 78.9 Å². The lowest BCUT2D eigenvalue weighted by molar-refractivity contribution is 0.0215. The molecule has 0 amide bonds. The highest BCUT2D eigenvalue weighted by Gasteiger charge is 2.46. The highest BCUT2D eigenvalue weighted by Crippen LogP contribution is 2.43. The van der Waals surface area contributed by atoms with Crippen molar-refractivity contribution in [3.63, 3.8) is 0 Å². The lowest BCUT2D eigenvalue weighted by atomic mass is 9.71. The number of carbonyl (C=O) groups is 1. The van der Waals surface area contributed by atoms with E-state index in [1.807, 2.05) is 12.1 Å². The molecule has 0 unspecified atom stereocenters. The van der Waals surface area contributed by atoms with Crippen LogP contribution >= 0.6 is 0 Å². The topological polar surface area (TPSA) is 52.9 Å². The Morgan fingerprint density at radius 1 is 0.875 bits per heavy atom. The van der Waals surface area contributed by atoms with Crippen LogP contribution in [0.5, 0.6) is 0 Å². The summed E-state index contributed by atoms with van der Waals surface area (Å²) >= 11 is 0. The Balaban J connectivity index is 1.56. The second-order valence-electron chi connectivity index (χ2n) is 8.82. The Hall–Kier alpha value is -3.24. The summed E-state index contributed by atoms with van der Waals surface area (Å²) in [5, 5.41) is 9.58. The normalized spacial score (nSPS) is 24.8. The molecule has 0 aliphatic carbocycles. The Bertz CT molecular complexity index is 1050. The number of piperidine rings is 3. The molecule has 6 rings (SSSR count). The van der Waals surface area contributed by atoms with E-state index in [0.29, 0.717) is 17.0 Å². The van der Waals surface area contributed by atoms with Gasteiger partial charge < -0.3 is 5.11 Å². The fourth-order valence-electron chi connectivity index (χ4n) is 5.55. The molecule has 3 aliphatic heterocycles. The van der Waals surface area contributed by atoms with Gasteiger partial charge in [-0.25, -0.2) is 4.79 Å². The van der Waals surface area contributed by atoms with Crippen LogP contribution in [-0.4, -0.2) is 47.4 Å². The number of rotatable bonds is 6. The molecule has 3 saturated heterocycles. The predicted octanol–water partition coefficient (Wildman–Crippen LogP) is 5.10. The Labute approximate surface area is 189 Å². The number of benzene rings is 3. The molecule has 0 radical (unpaired) electrons. The number of nitrogens with zero attached hydrogens (tertiary/aromatic N) is 2. The first-order valence-electron chi connectivity index (χ1n) is 11.4. The molecule has 4 heteroatoms. The number of carboxylic acid groups (broad SMARTS) is 1. The third-order valence-electron chi connectivity index (χ3n) is 7.06.